The molecule has 2 saturated heterocycles. The van der Waals surface area contributed by atoms with Crippen LogP contribution in [0.25, 0.3) is 4.85 Å². The van der Waals surface area contributed by atoms with Gasteiger partial charge in [-0.1, -0.05) is 0 Å². The zero-order valence-corrected chi connectivity index (χ0v) is 18.9. The molecule has 3 aliphatic rings. The molecule has 1 saturated carbocycles. The Morgan fingerprint density at radius 3 is 1.58 bits per heavy atom. The molecule has 0 aromatic rings. The second kappa shape index (κ2) is 9.87. The van der Waals surface area contributed by atoms with E-state index in [1.165, 1.54) is 0 Å². The summed E-state index contributed by atoms with van der Waals surface area (Å²) in [5.74, 6) is -11.6. The van der Waals surface area contributed by atoms with Gasteiger partial charge in [0.15, 0.2) is 5.92 Å². The molecule has 14 heteroatoms. The largest absolute Gasteiger partial charge is 0.468 e. The Morgan fingerprint density at radius 1 is 0.861 bits per heavy atom. The normalized spacial score (nSPS) is 26.8. The summed E-state index contributed by atoms with van der Waals surface area (Å²) in [6.45, 7) is 7.02. The summed E-state index contributed by atoms with van der Waals surface area (Å²) in [5, 5.41) is 9.05. The Bertz CT molecular complexity index is 1040. The smallest absolute Gasteiger partial charge is 0.394 e. The maximum Gasteiger partial charge on any atom is 0.394 e. The van der Waals surface area contributed by atoms with Crippen LogP contribution in [-0.2, 0) is 57.2 Å². The van der Waals surface area contributed by atoms with E-state index in [4.69, 9.17) is 30.8 Å². The van der Waals surface area contributed by atoms with Crippen LogP contribution in [0.2, 0.25) is 0 Å². The van der Waals surface area contributed by atoms with Crippen LogP contribution in [0.4, 0.5) is 0 Å². The van der Waals surface area contributed by atoms with E-state index in [9.17, 15) is 28.8 Å². The summed E-state index contributed by atoms with van der Waals surface area (Å²) in [4.78, 5) is 76.0. The lowest BCUT2D eigenvalue weighted by Crippen LogP contribution is -2.56. The van der Waals surface area contributed by atoms with Gasteiger partial charge in [0.25, 0.3) is 11.6 Å². The van der Waals surface area contributed by atoms with Crippen molar-refractivity contribution in [3.63, 3.8) is 0 Å². The first-order valence-electron chi connectivity index (χ1n) is 10.3. The van der Waals surface area contributed by atoms with Crippen LogP contribution >= 0.6 is 0 Å². The fourth-order valence-corrected chi connectivity index (χ4v) is 3.68. The van der Waals surface area contributed by atoms with Crippen LogP contribution in [0.1, 0.15) is 25.7 Å². The molecule has 0 N–H and O–H groups in total. The highest BCUT2D eigenvalue weighted by Gasteiger charge is 2.57. The van der Waals surface area contributed by atoms with E-state index in [0.717, 1.165) is 26.4 Å². The second-order valence-electron chi connectivity index (χ2n) is 7.77. The highest BCUT2D eigenvalue weighted by Crippen LogP contribution is 2.45. The van der Waals surface area contributed by atoms with Gasteiger partial charge in [-0.25, -0.2) is 30.5 Å². The van der Waals surface area contributed by atoms with Crippen molar-refractivity contribution in [1.29, 1.82) is 5.26 Å². The average Bonchev–Trinajstić information content (AvgIpc) is 2.85. The van der Waals surface area contributed by atoms with Gasteiger partial charge in [0.2, 0.25) is 0 Å². The number of hydrogen-bond acceptors (Lipinski definition) is 13. The van der Waals surface area contributed by atoms with E-state index >= 15 is 0 Å². The van der Waals surface area contributed by atoms with Gasteiger partial charge in [0.1, 0.15) is 11.1 Å². The van der Waals surface area contributed by atoms with Crippen LogP contribution in [0.5, 0.6) is 0 Å². The van der Waals surface area contributed by atoms with E-state index in [1.807, 2.05) is 0 Å². The van der Waals surface area contributed by atoms with Crippen LogP contribution in [0.15, 0.2) is 23.3 Å². The molecule has 36 heavy (non-hydrogen) atoms. The highest BCUT2D eigenvalue weighted by atomic mass is 16.8. The van der Waals surface area contributed by atoms with Crippen molar-refractivity contribution in [3.05, 3.63) is 34.7 Å². The topological polar surface area (TPSA) is 186 Å². The first kappa shape index (κ1) is 25.9. The molecular weight excluding hydrogens is 484 g/mol. The van der Waals surface area contributed by atoms with Gasteiger partial charge in [-0.15, -0.1) is 0 Å². The quantitative estimate of drug-likeness (QED) is 0.162. The number of nitrogens with zero attached hydrogens (tertiary/aromatic N) is 2. The van der Waals surface area contributed by atoms with Crippen LogP contribution in [-0.4, -0.2) is 67.7 Å². The Balaban J connectivity index is 1.72. The summed E-state index contributed by atoms with van der Waals surface area (Å²) in [6, 6.07) is 0.0194. The number of carbonyl (C=O) groups is 6. The van der Waals surface area contributed by atoms with Crippen molar-refractivity contribution in [2.45, 2.75) is 43.3 Å². The molecule has 1 aliphatic carbocycles. The summed E-state index contributed by atoms with van der Waals surface area (Å²) >= 11 is 0. The minimum Gasteiger partial charge on any atom is -0.468 e. The van der Waals surface area contributed by atoms with Gasteiger partial charge in [-0.2, -0.15) is 5.26 Å². The molecule has 2 atom stereocenters. The van der Waals surface area contributed by atoms with Gasteiger partial charge in [-0.05, 0) is 6.08 Å². The minimum absolute atomic E-state index is 0.219. The highest BCUT2D eigenvalue weighted by molar-refractivity contribution is 6.16. The van der Waals surface area contributed by atoms with Gasteiger partial charge in [-0.3, -0.25) is 9.64 Å². The lowest BCUT2D eigenvalue weighted by molar-refractivity contribution is -0.291. The Hall–Kier alpha value is -4.72. The molecular formula is C22H18N2O12. The zero-order valence-electron chi connectivity index (χ0n) is 18.9. The van der Waals surface area contributed by atoms with Gasteiger partial charge < -0.3 is 28.4 Å². The average molecular weight is 502 g/mol. The lowest BCUT2D eigenvalue weighted by atomic mass is 9.87. The maximum atomic E-state index is 12.5. The third kappa shape index (κ3) is 4.88. The lowest BCUT2D eigenvalue weighted by Gasteiger charge is -2.46. The molecule has 2 heterocycles. The number of carbonyl (C=O) groups excluding carboxylic acids is 6. The molecule has 0 bridgehead atoms. The molecule has 0 aromatic heterocycles. The first-order valence-corrected chi connectivity index (χ1v) is 10.3. The Kier molecular flexibility index (Phi) is 7.10. The molecule has 2 spiro atoms. The number of ether oxygens (including phenoxy) is 6. The molecule has 14 nitrogen and oxygen atoms in total. The third-order valence-electron chi connectivity index (χ3n) is 5.60. The van der Waals surface area contributed by atoms with E-state index in [-0.39, 0.29) is 25.7 Å². The molecule has 3 rings (SSSR count). The number of hydrogen-bond donors (Lipinski definition) is 0. The fourth-order valence-electron chi connectivity index (χ4n) is 3.68. The van der Waals surface area contributed by atoms with Gasteiger partial charge in [0.05, 0.1) is 20.3 Å². The monoisotopic (exact) mass is 502 g/mol. The molecule has 2 unspecified atom stereocenters. The fraction of sp³-hybridized carbons (Fsp3) is 0.455. The molecule has 0 aromatic carbocycles. The summed E-state index contributed by atoms with van der Waals surface area (Å²) in [7, 11) is 2.06. The number of esters is 6. The van der Waals surface area contributed by atoms with Gasteiger partial charge in [0, 0.05) is 31.8 Å². The standard InChI is InChI=1S/C22H18N2O12/c1-24-14(20(30)32-3)9-13-18(28)35-22(36-19(13)29)6-4-21(5-7-22)33-16(26)12(17(27)34-21)8-11(10-23)15(25)31-2/h8-9,11,14H,4-7H2,2-3H3. The van der Waals surface area contributed by atoms with Crippen molar-refractivity contribution >= 4 is 35.8 Å². The molecule has 188 valence electrons. The van der Waals surface area contributed by atoms with Crippen molar-refractivity contribution in [2.24, 2.45) is 5.92 Å². The molecule has 0 radical (unpaired) electrons. The minimum atomic E-state index is -1.75. The summed E-state index contributed by atoms with van der Waals surface area (Å²) < 4.78 is 30.0. The Morgan fingerprint density at radius 2 is 1.25 bits per heavy atom. The predicted octanol–water partition coefficient (Wildman–Crippen LogP) is -0.221. The number of rotatable bonds is 4. The predicted molar refractivity (Wildman–Crippen MR) is 108 cm³/mol. The molecule has 2 aliphatic heterocycles. The maximum absolute atomic E-state index is 12.5. The van der Waals surface area contributed by atoms with Crippen molar-refractivity contribution in [2.75, 3.05) is 14.2 Å². The van der Waals surface area contributed by atoms with Crippen LogP contribution in [0.3, 0.4) is 0 Å². The third-order valence-corrected chi connectivity index (χ3v) is 5.60. The van der Waals surface area contributed by atoms with E-state index in [2.05, 4.69) is 14.3 Å². The van der Waals surface area contributed by atoms with Crippen LogP contribution < -0.4 is 0 Å². The Labute approximate surface area is 203 Å². The molecule has 3 fully saturated rings. The van der Waals surface area contributed by atoms with E-state index in [1.54, 1.807) is 6.07 Å². The second-order valence-corrected chi connectivity index (χ2v) is 7.77. The van der Waals surface area contributed by atoms with Crippen molar-refractivity contribution in [3.8, 4) is 6.07 Å². The molecule has 0 amide bonds. The van der Waals surface area contributed by atoms with Crippen molar-refractivity contribution < 1.29 is 57.2 Å². The zero-order chi connectivity index (χ0) is 26.7. The van der Waals surface area contributed by atoms with Crippen LogP contribution in [0, 0.1) is 23.8 Å². The van der Waals surface area contributed by atoms with Crippen molar-refractivity contribution in [1.82, 2.24) is 0 Å². The van der Waals surface area contributed by atoms with E-state index < -0.39 is 70.5 Å². The summed E-state index contributed by atoms with van der Waals surface area (Å²) in [6.07, 6.45) is 0.679. The SMILES string of the molecule is [C-]#[N+]C(C=C1C(=O)OC2(CCC3(CC2)OC(=O)C(=CC(C#N)C(=O)OC)C(=O)O3)OC1=O)C(=O)OC. The number of nitriles is 1. The number of methoxy groups -OCH3 is 2. The van der Waals surface area contributed by atoms with E-state index in [0.29, 0.717) is 0 Å². The van der Waals surface area contributed by atoms with Gasteiger partial charge >= 0.3 is 41.9 Å². The first-order chi connectivity index (χ1) is 17.0. The summed E-state index contributed by atoms with van der Waals surface area (Å²) in [5.41, 5.74) is -1.32.